The molecule has 3 aromatic rings. The predicted molar refractivity (Wildman–Crippen MR) is 124 cm³/mol. The maximum atomic E-state index is 13.7. The Balaban J connectivity index is 1.50. The lowest BCUT2D eigenvalue weighted by molar-refractivity contribution is 0.0528. The molecule has 2 aromatic heterocycles. The van der Waals surface area contributed by atoms with E-state index in [2.05, 4.69) is 10.2 Å². The van der Waals surface area contributed by atoms with Gasteiger partial charge in [-0.3, -0.25) is 9.59 Å². The predicted octanol–water partition coefficient (Wildman–Crippen LogP) is 3.31. The van der Waals surface area contributed by atoms with Crippen LogP contribution in [0.2, 0.25) is 0 Å². The Morgan fingerprint density at radius 1 is 1.09 bits per heavy atom. The second-order valence-electron chi connectivity index (χ2n) is 8.89. The molecule has 1 aromatic carbocycles. The van der Waals surface area contributed by atoms with Gasteiger partial charge in [0.05, 0.1) is 23.4 Å². The molecule has 3 aliphatic rings. The Hall–Kier alpha value is -3.52. The summed E-state index contributed by atoms with van der Waals surface area (Å²) in [4.78, 5) is 41.2. The SMILES string of the molecule is CCOC(=O)c1cc(C(=O)c2cccc(F)c2)n2ccc(C(=O)N[C@H]3CN4CCC3CC4)cc12. The molecule has 0 spiro atoms. The smallest absolute Gasteiger partial charge is 0.340 e. The summed E-state index contributed by atoms with van der Waals surface area (Å²) in [6.45, 7) is 4.88. The van der Waals surface area contributed by atoms with E-state index in [0.29, 0.717) is 17.0 Å². The summed E-state index contributed by atoms with van der Waals surface area (Å²) in [6.07, 6.45) is 3.76. The first kappa shape index (κ1) is 22.3. The Morgan fingerprint density at radius 2 is 1.88 bits per heavy atom. The fraction of sp³-hybridized carbons (Fsp3) is 0.346. The van der Waals surface area contributed by atoms with Gasteiger partial charge in [-0.05, 0) is 69.1 Å². The number of carbonyl (C=O) groups is 3. The van der Waals surface area contributed by atoms with Crippen molar-refractivity contribution in [2.24, 2.45) is 5.92 Å². The summed E-state index contributed by atoms with van der Waals surface area (Å²) in [6, 6.07) is 10.2. The zero-order valence-corrected chi connectivity index (χ0v) is 18.9. The molecule has 0 unspecified atom stereocenters. The van der Waals surface area contributed by atoms with E-state index in [4.69, 9.17) is 4.74 Å². The largest absolute Gasteiger partial charge is 0.462 e. The molecule has 34 heavy (non-hydrogen) atoms. The minimum atomic E-state index is -0.590. The molecule has 0 radical (unpaired) electrons. The number of hydrogen-bond donors (Lipinski definition) is 1. The number of pyridine rings is 1. The molecule has 0 aliphatic carbocycles. The van der Waals surface area contributed by atoms with Crippen LogP contribution in [0.15, 0.2) is 48.7 Å². The van der Waals surface area contributed by atoms with Gasteiger partial charge in [0.1, 0.15) is 5.82 Å². The van der Waals surface area contributed by atoms with Crippen molar-refractivity contribution in [1.29, 1.82) is 0 Å². The third-order valence-electron chi connectivity index (χ3n) is 6.82. The van der Waals surface area contributed by atoms with Gasteiger partial charge < -0.3 is 19.4 Å². The minimum absolute atomic E-state index is 0.104. The number of aromatic nitrogens is 1. The summed E-state index contributed by atoms with van der Waals surface area (Å²) in [5, 5.41) is 3.15. The lowest BCUT2D eigenvalue weighted by Gasteiger charge is -2.44. The highest BCUT2D eigenvalue weighted by atomic mass is 19.1. The zero-order valence-electron chi connectivity index (χ0n) is 18.9. The molecule has 7 nitrogen and oxygen atoms in total. The first-order valence-electron chi connectivity index (χ1n) is 11.6. The van der Waals surface area contributed by atoms with Crippen molar-refractivity contribution in [3.8, 4) is 0 Å². The van der Waals surface area contributed by atoms with E-state index in [9.17, 15) is 18.8 Å². The molecule has 2 bridgehead atoms. The quantitative estimate of drug-likeness (QED) is 0.448. The number of benzene rings is 1. The number of ketones is 1. The van der Waals surface area contributed by atoms with Crippen LogP contribution in [0.5, 0.6) is 0 Å². The van der Waals surface area contributed by atoms with Gasteiger partial charge in [-0.2, -0.15) is 0 Å². The highest BCUT2D eigenvalue weighted by Crippen LogP contribution is 2.28. The monoisotopic (exact) mass is 463 g/mol. The third-order valence-corrected chi connectivity index (χ3v) is 6.82. The van der Waals surface area contributed by atoms with Crippen molar-refractivity contribution in [3.05, 3.63) is 76.9 Å². The summed E-state index contributed by atoms with van der Waals surface area (Å²) in [5.74, 6) is -1.28. The average molecular weight is 464 g/mol. The Kier molecular flexibility index (Phi) is 5.91. The Bertz CT molecular complexity index is 1280. The molecule has 1 N–H and O–H groups in total. The molecule has 1 amide bonds. The van der Waals surface area contributed by atoms with Crippen LogP contribution < -0.4 is 5.32 Å². The molecular formula is C26H26FN3O4. The minimum Gasteiger partial charge on any atom is -0.462 e. The fourth-order valence-corrected chi connectivity index (χ4v) is 5.04. The average Bonchev–Trinajstić information content (AvgIpc) is 3.23. The van der Waals surface area contributed by atoms with Crippen LogP contribution >= 0.6 is 0 Å². The normalized spacial score (nSPS) is 21.4. The molecule has 3 fully saturated rings. The van der Waals surface area contributed by atoms with Gasteiger partial charge >= 0.3 is 5.97 Å². The second-order valence-corrected chi connectivity index (χ2v) is 8.89. The van der Waals surface area contributed by atoms with Crippen molar-refractivity contribution >= 4 is 23.2 Å². The van der Waals surface area contributed by atoms with E-state index in [1.807, 2.05) is 0 Å². The van der Waals surface area contributed by atoms with Crippen LogP contribution in [0.4, 0.5) is 4.39 Å². The molecule has 3 saturated heterocycles. The first-order valence-corrected chi connectivity index (χ1v) is 11.6. The Morgan fingerprint density at radius 3 is 2.56 bits per heavy atom. The van der Waals surface area contributed by atoms with Crippen molar-refractivity contribution in [1.82, 2.24) is 14.6 Å². The molecule has 3 aliphatic heterocycles. The second kappa shape index (κ2) is 9.02. The van der Waals surface area contributed by atoms with Gasteiger partial charge in [0.25, 0.3) is 5.91 Å². The first-order chi connectivity index (χ1) is 16.4. The zero-order chi connectivity index (χ0) is 23.8. The number of fused-ring (bicyclic) bond motifs is 4. The molecule has 176 valence electrons. The maximum absolute atomic E-state index is 13.7. The van der Waals surface area contributed by atoms with E-state index >= 15 is 0 Å². The van der Waals surface area contributed by atoms with Crippen molar-refractivity contribution in [3.63, 3.8) is 0 Å². The maximum Gasteiger partial charge on any atom is 0.340 e. The molecule has 5 heterocycles. The topological polar surface area (TPSA) is 80.1 Å². The highest BCUT2D eigenvalue weighted by molar-refractivity contribution is 6.11. The standard InChI is InChI=1S/C26H26FN3O4/c1-2-34-26(33)20-14-23(24(31)17-4-3-5-19(27)12-17)30-11-8-18(13-22(20)30)25(32)28-21-15-29-9-6-16(21)7-10-29/h3-5,8,11-14,16,21H,2,6-7,9-10,15H2,1H3,(H,28,32)/t21-/m0/s1. The van der Waals surface area contributed by atoms with Gasteiger partial charge in [-0.25, -0.2) is 9.18 Å². The highest BCUT2D eigenvalue weighted by Gasteiger charge is 2.35. The lowest BCUT2D eigenvalue weighted by Crippen LogP contribution is -2.57. The van der Waals surface area contributed by atoms with Gasteiger partial charge in [-0.1, -0.05) is 12.1 Å². The number of esters is 1. The van der Waals surface area contributed by atoms with E-state index in [0.717, 1.165) is 38.5 Å². The van der Waals surface area contributed by atoms with Gasteiger partial charge in [0, 0.05) is 29.9 Å². The fourth-order valence-electron chi connectivity index (χ4n) is 5.04. The van der Waals surface area contributed by atoms with Crippen molar-refractivity contribution in [2.75, 3.05) is 26.2 Å². The van der Waals surface area contributed by atoms with Crippen LogP contribution in [-0.2, 0) is 4.74 Å². The van der Waals surface area contributed by atoms with Crippen LogP contribution in [0.25, 0.3) is 5.52 Å². The van der Waals surface area contributed by atoms with Crippen molar-refractivity contribution in [2.45, 2.75) is 25.8 Å². The Labute approximate surface area is 196 Å². The van der Waals surface area contributed by atoms with E-state index in [1.165, 1.54) is 24.3 Å². The molecule has 8 heteroatoms. The van der Waals surface area contributed by atoms with Crippen LogP contribution in [-0.4, -0.2) is 59.2 Å². The molecule has 6 rings (SSSR count). The summed E-state index contributed by atoms with van der Waals surface area (Å²) >= 11 is 0. The number of amides is 1. The number of piperidine rings is 3. The molecule has 0 saturated carbocycles. The number of halogens is 1. The summed E-state index contributed by atoms with van der Waals surface area (Å²) in [7, 11) is 0. The lowest BCUT2D eigenvalue weighted by atomic mass is 9.84. The number of nitrogens with one attached hydrogen (secondary N) is 1. The summed E-state index contributed by atoms with van der Waals surface area (Å²) in [5.41, 5.74) is 1.32. The van der Waals surface area contributed by atoms with Gasteiger partial charge in [-0.15, -0.1) is 0 Å². The van der Waals surface area contributed by atoms with Crippen LogP contribution in [0.1, 0.15) is 56.5 Å². The number of ether oxygens (including phenoxy) is 1. The van der Waals surface area contributed by atoms with Crippen LogP contribution in [0, 0.1) is 11.7 Å². The number of nitrogens with zero attached hydrogens (tertiary/aromatic N) is 2. The van der Waals surface area contributed by atoms with E-state index in [1.54, 1.807) is 29.7 Å². The third kappa shape index (κ3) is 4.09. The van der Waals surface area contributed by atoms with Crippen molar-refractivity contribution < 1.29 is 23.5 Å². The van der Waals surface area contributed by atoms with Crippen LogP contribution in [0.3, 0.4) is 0 Å². The number of rotatable bonds is 6. The summed E-state index contributed by atoms with van der Waals surface area (Å²) < 4.78 is 20.4. The number of carbonyl (C=O) groups excluding carboxylic acids is 3. The van der Waals surface area contributed by atoms with Gasteiger partial charge in [0.15, 0.2) is 0 Å². The molecule has 1 atom stereocenters. The van der Waals surface area contributed by atoms with E-state index in [-0.39, 0.29) is 35.4 Å². The van der Waals surface area contributed by atoms with Gasteiger partial charge in [0.2, 0.25) is 5.78 Å². The van der Waals surface area contributed by atoms with E-state index < -0.39 is 17.6 Å². The molecular weight excluding hydrogens is 437 g/mol. The number of hydrogen-bond acceptors (Lipinski definition) is 5.